The van der Waals surface area contributed by atoms with Crippen LogP contribution < -0.4 is 10.6 Å². The van der Waals surface area contributed by atoms with E-state index in [0.29, 0.717) is 22.2 Å². The molecule has 0 bridgehead atoms. The van der Waals surface area contributed by atoms with Gasteiger partial charge in [-0.2, -0.15) is 13.2 Å². The van der Waals surface area contributed by atoms with Crippen molar-refractivity contribution in [3.63, 3.8) is 0 Å². The number of piperidine rings is 1. The van der Waals surface area contributed by atoms with E-state index in [9.17, 15) is 13.2 Å². The third kappa shape index (κ3) is 4.01. The molecular formula is C22H20F3N7. The second-order valence-corrected chi connectivity index (χ2v) is 7.69. The van der Waals surface area contributed by atoms with Crippen LogP contribution in [-0.2, 0) is 6.18 Å². The third-order valence-corrected chi connectivity index (χ3v) is 5.52. The summed E-state index contributed by atoms with van der Waals surface area (Å²) in [5, 5.41) is 7.06. The summed E-state index contributed by atoms with van der Waals surface area (Å²) in [6, 6.07) is 5.49. The number of H-pyrrole nitrogens is 1. The summed E-state index contributed by atoms with van der Waals surface area (Å²) in [7, 11) is 0. The largest absolute Gasteiger partial charge is 0.419 e. The summed E-state index contributed by atoms with van der Waals surface area (Å²) in [5.41, 5.74) is 1.51. The van der Waals surface area contributed by atoms with Crippen LogP contribution in [-0.4, -0.2) is 44.1 Å². The van der Waals surface area contributed by atoms with Crippen molar-refractivity contribution in [2.75, 3.05) is 18.4 Å². The van der Waals surface area contributed by atoms with Gasteiger partial charge in [-0.25, -0.2) is 9.97 Å². The molecule has 1 fully saturated rings. The van der Waals surface area contributed by atoms with E-state index < -0.39 is 11.7 Å². The van der Waals surface area contributed by atoms with E-state index in [2.05, 4.69) is 35.6 Å². The van der Waals surface area contributed by atoms with Crippen LogP contribution >= 0.6 is 0 Å². The van der Waals surface area contributed by atoms with Gasteiger partial charge in [0.1, 0.15) is 5.56 Å². The fraction of sp³-hybridized carbons (Fsp3) is 0.273. The Bertz CT molecular complexity index is 1230. The van der Waals surface area contributed by atoms with E-state index in [4.69, 9.17) is 0 Å². The summed E-state index contributed by atoms with van der Waals surface area (Å²) >= 11 is 0. The standard InChI is InChI=1S/C22H20F3N7/c23-22(24,25)17-11-30-21(31-14-2-1-5-26-9-14)32-20(17)16-10-29-18-8-13(3-4-15(16)18)19-12-27-6-7-28-19/h3-4,6-8,10-12,14,26,29H,1-2,5,9H2,(H,30,31,32)/t14-/m0/s1. The number of nitrogens with zero attached hydrogens (tertiary/aromatic N) is 4. The fourth-order valence-corrected chi connectivity index (χ4v) is 3.95. The molecule has 0 spiro atoms. The summed E-state index contributed by atoms with van der Waals surface area (Å²) in [6.07, 6.45) is 4.53. The van der Waals surface area contributed by atoms with Crippen LogP contribution in [0.4, 0.5) is 19.1 Å². The topological polar surface area (TPSA) is 91.4 Å². The molecule has 1 atom stereocenters. The Morgan fingerprint density at radius 2 is 2.00 bits per heavy atom. The Morgan fingerprint density at radius 1 is 1.09 bits per heavy atom. The van der Waals surface area contributed by atoms with Gasteiger partial charge >= 0.3 is 6.18 Å². The summed E-state index contributed by atoms with van der Waals surface area (Å²) in [6.45, 7) is 1.65. The molecule has 1 aliphatic heterocycles. The predicted molar refractivity (Wildman–Crippen MR) is 115 cm³/mol. The predicted octanol–water partition coefficient (Wildman–Crippen LogP) is 4.26. The molecule has 4 heterocycles. The summed E-state index contributed by atoms with van der Waals surface area (Å²) in [5.74, 6) is 0.187. The van der Waals surface area contributed by atoms with Gasteiger partial charge in [0.25, 0.3) is 0 Å². The van der Waals surface area contributed by atoms with E-state index in [1.807, 2.05) is 12.1 Å². The molecule has 4 aromatic rings. The van der Waals surface area contributed by atoms with Gasteiger partial charge in [0.15, 0.2) is 0 Å². The number of fused-ring (bicyclic) bond motifs is 1. The number of benzene rings is 1. The SMILES string of the molecule is FC(F)(F)c1cnc(N[C@H]2CCCNC2)nc1-c1c[nH]c2cc(-c3cnccn3)ccc12. The zero-order valence-electron chi connectivity index (χ0n) is 16.9. The quantitative estimate of drug-likeness (QED) is 0.440. The third-order valence-electron chi connectivity index (χ3n) is 5.52. The number of halogens is 3. The van der Waals surface area contributed by atoms with Crippen molar-refractivity contribution in [3.8, 4) is 22.5 Å². The Hall–Kier alpha value is -3.53. The van der Waals surface area contributed by atoms with E-state index in [1.165, 1.54) is 0 Å². The molecule has 1 aliphatic rings. The lowest BCUT2D eigenvalue weighted by atomic mass is 10.0. The number of anilines is 1. The van der Waals surface area contributed by atoms with E-state index in [0.717, 1.165) is 37.7 Å². The molecular weight excluding hydrogens is 419 g/mol. The Labute approximate surface area is 181 Å². The first-order valence-corrected chi connectivity index (χ1v) is 10.3. The average molecular weight is 439 g/mol. The Kier molecular flexibility index (Phi) is 5.22. The first-order chi connectivity index (χ1) is 15.5. The van der Waals surface area contributed by atoms with Crippen LogP contribution in [0.1, 0.15) is 18.4 Å². The molecule has 164 valence electrons. The second-order valence-electron chi connectivity index (χ2n) is 7.69. The van der Waals surface area contributed by atoms with Gasteiger partial charge < -0.3 is 15.6 Å². The van der Waals surface area contributed by atoms with Gasteiger partial charge in [-0.3, -0.25) is 9.97 Å². The maximum atomic E-state index is 13.8. The highest BCUT2D eigenvalue weighted by atomic mass is 19.4. The minimum atomic E-state index is -4.58. The van der Waals surface area contributed by atoms with Crippen LogP contribution in [0.3, 0.4) is 0 Å². The van der Waals surface area contributed by atoms with Crippen molar-refractivity contribution >= 4 is 16.9 Å². The molecule has 0 unspecified atom stereocenters. The van der Waals surface area contributed by atoms with Gasteiger partial charge in [-0.15, -0.1) is 0 Å². The Balaban J connectivity index is 1.56. The van der Waals surface area contributed by atoms with Crippen molar-refractivity contribution in [1.29, 1.82) is 0 Å². The first-order valence-electron chi connectivity index (χ1n) is 10.3. The van der Waals surface area contributed by atoms with Crippen LogP contribution in [0.5, 0.6) is 0 Å². The lowest BCUT2D eigenvalue weighted by Crippen LogP contribution is -2.38. The van der Waals surface area contributed by atoms with Crippen LogP contribution in [0.15, 0.2) is 49.2 Å². The molecule has 5 rings (SSSR count). The average Bonchev–Trinajstić information content (AvgIpc) is 3.23. The second kappa shape index (κ2) is 8.19. The van der Waals surface area contributed by atoms with Crippen molar-refractivity contribution in [3.05, 3.63) is 54.7 Å². The van der Waals surface area contributed by atoms with Crippen LogP contribution in [0.25, 0.3) is 33.4 Å². The van der Waals surface area contributed by atoms with Crippen LogP contribution in [0, 0.1) is 0 Å². The molecule has 1 saturated heterocycles. The van der Waals surface area contributed by atoms with Gasteiger partial charge in [0, 0.05) is 59.4 Å². The van der Waals surface area contributed by atoms with Crippen molar-refractivity contribution in [1.82, 2.24) is 30.2 Å². The monoisotopic (exact) mass is 439 g/mol. The number of rotatable bonds is 4. The van der Waals surface area contributed by atoms with Gasteiger partial charge in [-0.05, 0) is 25.5 Å². The summed E-state index contributed by atoms with van der Waals surface area (Å²) in [4.78, 5) is 19.7. The molecule has 3 aromatic heterocycles. The van der Waals surface area contributed by atoms with Crippen molar-refractivity contribution in [2.45, 2.75) is 25.1 Å². The molecule has 3 N–H and O–H groups in total. The summed E-state index contributed by atoms with van der Waals surface area (Å²) < 4.78 is 41.3. The van der Waals surface area contributed by atoms with Crippen molar-refractivity contribution < 1.29 is 13.2 Å². The number of aromatic amines is 1. The molecule has 0 radical (unpaired) electrons. The lowest BCUT2D eigenvalue weighted by Gasteiger charge is -2.24. The highest BCUT2D eigenvalue weighted by Crippen LogP contribution is 2.39. The van der Waals surface area contributed by atoms with Crippen molar-refractivity contribution in [2.24, 2.45) is 0 Å². The minimum absolute atomic E-state index is 0.0749. The minimum Gasteiger partial charge on any atom is -0.360 e. The highest BCUT2D eigenvalue weighted by Gasteiger charge is 2.36. The van der Waals surface area contributed by atoms with Crippen LogP contribution in [0.2, 0.25) is 0 Å². The van der Waals surface area contributed by atoms with E-state index in [-0.39, 0.29) is 17.7 Å². The normalized spacial score (nSPS) is 16.9. The molecule has 32 heavy (non-hydrogen) atoms. The smallest absolute Gasteiger partial charge is 0.360 e. The van der Waals surface area contributed by atoms with E-state index >= 15 is 0 Å². The molecule has 1 aromatic carbocycles. The molecule has 10 heteroatoms. The zero-order chi connectivity index (χ0) is 22.1. The number of hydrogen-bond acceptors (Lipinski definition) is 6. The van der Waals surface area contributed by atoms with Gasteiger partial charge in [0.05, 0.1) is 17.6 Å². The maximum absolute atomic E-state index is 13.8. The number of nitrogens with one attached hydrogen (secondary N) is 3. The zero-order valence-corrected chi connectivity index (χ0v) is 16.9. The fourth-order valence-electron chi connectivity index (χ4n) is 3.95. The van der Waals surface area contributed by atoms with Gasteiger partial charge in [0.2, 0.25) is 5.95 Å². The highest BCUT2D eigenvalue weighted by molar-refractivity contribution is 5.97. The maximum Gasteiger partial charge on any atom is 0.419 e. The molecule has 7 nitrogen and oxygen atoms in total. The number of aromatic nitrogens is 5. The first kappa shape index (κ1) is 20.4. The van der Waals surface area contributed by atoms with Gasteiger partial charge in [-0.1, -0.05) is 12.1 Å². The Morgan fingerprint density at radius 3 is 2.75 bits per heavy atom. The molecule has 0 saturated carbocycles. The number of hydrogen-bond donors (Lipinski definition) is 3. The molecule has 0 aliphatic carbocycles. The molecule has 0 amide bonds. The lowest BCUT2D eigenvalue weighted by molar-refractivity contribution is -0.137. The number of alkyl halides is 3. The van der Waals surface area contributed by atoms with E-state index in [1.54, 1.807) is 30.9 Å².